The van der Waals surface area contributed by atoms with Crippen LogP contribution < -0.4 is 0 Å². The molecule has 1 unspecified atom stereocenters. The minimum Gasteiger partial charge on any atom is -0.480 e. The quantitative estimate of drug-likeness (QED) is 0.890. The van der Waals surface area contributed by atoms with E-state index in [4.69, 9.17) is 4.98 Å². The number of thiophene rings is 1. The highest BCUT2D eigenvalue weighted by atomic mass is 32.1. The molecule has 1 atom stereocenters. The summed E-state index contributed by atoms with van der Waals surface area (Å²) in [5.41, 5.74) is 2.25. The number of hydrogen-bond donors (Lipinski definition) is 1. The van der Waals surface area contributed by atoms with Crippen molar-refractivity contribution in [2.75, 3.05) is 13.1 Å². The van der Waals surface area contributed by atoms with Crippen LogP contribution in [0.1, 0.15) is 58.8 Å². The van der Waals surface area contributed by atoms with Gasteiger partial charge in [0.05, 0.1) is 10.7 Å². The second kappa shape index (κ2) is 6.94. The van der Waals surface area contributed by atoms with Gasteiger partial charge in [0.2, 0.25) is 0 Å². The lowest BCUT2D eigenvalue weighted by molar-refractivity contribution is -0.144. The Labute approximate surface area is 150 Å². The monoisotopic (exact) mass is 362 g/mol. The van der Waals surface area contributed by atoms with E-state index < -0.39 is 12.0 Å². The van der Waals surface area contributed by atoms with Gasteiger partial charge in [-0.15, -0.1) is 11.3 Å². The summed E-state index contributed by atoms with van der Waals surface area (Å²) in [6, 6.07) is 1.44. The number of aryl methyl sites for hydroxylation is 2. The van der Waals surface area contributed by atoms with Crippen LogP contribution in [0.25, 0.3) is 0 Å². The van der Waals surface area contributed by atoms with Gasteiger partial charge in [-0.3, -0.25) is 9.69 Å². The first-order valence-electron chi connectivity index (χ1n) is 8.70. The number of hydrogen-bond acceptors (Lipinski definition) is 5. The maximum absolute atomic E-state index is 11.7. The van der Waals surface area contributed by atoms with E-state index in [0.717, 1.165) is 37.9 Å². The Bertz CT molecular complexity index is 679. The van der Waals surface area contributed by atoms with Crippen molar-refractivity contribution in [3.8, 4) is 0 Å². The number of carboxylic acid groups (broad SMARTS) is 1. The smallest absolute Gasteiger partial charge is 0.325 e. The highest BCUT2D eigenvalue weighted by Crippen LogP contribution is 2.37. The van der Waals surface area contributed by atoms with Crippen molar-refractivity contribution in [2.24, 2.45) is 0 Å². The molecule has 0 aromatic carbocycles. The van der Waals surface area contributed by atoms with Gasteiger partial charge < -0.3 is 5.11 Å². The maximum atomic E-state index is 11.7. The third-order valence-electron chi connectivity index (χ3n) is 5.20. The van der Waals surface area contributed by atoms with Gasteiger partial charge >= 0.3 is 5.97 Å². The lowest BCUT2D eigenvalue weighted by Gasteiger charge is -2.34. The normalized spacial score (nSPS) is 20.7. The van der Waals surface area contributed by atoms with Crippen LogP contribution >= 0.6 is 22.7 Å². The van der Waals surface area contributed by atoms with E-state index in [1.165, 1.54) is 34.8 Å². The average Bonchev–Trinajstić information content (AvgIpc) is 3.24. The first-order valence-corrected chi connectivity index (χ1v) is 10.5. The zero-order valence-corrected chi connectivity index (χ0v) is 15.2. The molecule has 2 aromatic heterocycles. The Balaban J connectivity index is 1.44. The second-order valence-electron chi connectivity index (χ2n) is 6.74. The average molecular weight is 363 g/mol. The van der Waals surface area contributed by atoms with Crippen LogP contribution in [0, 0.1) is 0 Å². The van der Waals surface area contributed by atoms with Gasteiger partial charge in [0.1, 0.15) is 6.04 Å². The Morgan fingerprint density at radius 2 is 2.08 bits per heavy atom. The van der Waals surface area contributed by atoms with Gasteiger partial charge in [-0.2, -0.15) is 11.3 Å². The Kier molecular flexibility index (Phi) is 4.70. The molecule has 2 aromatic rings. The van der Waals surface area contributed by atoms with E-state index in [-0.39, 0.29) is 0 Å². The summed E-state index contributed by atoms with van der Waals surface area (Å²) in [7, 11) is 0. The number of fused-ring (bicyclic) bond motifs is 1. The molecule has 1 saturated heterocycles. The predicted octanol–water partition coefficient (Wildman–Crippen LogP) is 4.09. The van der Waals surface area contributed by atoms with Crippen LogP contribution in [0.4, 0.5) is 0 Å². The zero-order chi connectivity index (χ0) is 16.5. The van der Waals surface area contributed by atoms with Gasteiger partial charge in [-0.1, -0.05) is 0 Å². The summed E-state index contributed by atoms with van der Waals surface area (Å²) < 4.78 is 0. The molecular weight excluding hydrogens is 340 g/mol. The highest BCUT2D eigenvalue weighted by Gasteiger charge is 2.32. The van der Waals surface area contributed by atoms with Gasteiger partial charge in [0, 0.05) is 10.8 Å². The fraction of sp³-hybridized carbons (Fsp3) is 0.556. The first kappa shape index (κ1) is 16.2. The Hall–Kier alpha value is -1.24. The molecule has 0 bridgehead atoms. The molecule has 1 fully saturated rings. The van der Waals surface area contributed by atoms with Crippen LogP contribution in [-0.2, 0) is 17.6 Å². The number of aromatic nitrogens is 1. The van der Waals surface area contributed by atoms with E-state index in [1.54, 1.807) is 11.3 Å². The lowest BCUT2D eigenvalue weighted by atomic mass is 9.95. The number of carboxylic acids is 1. The molecule has 0 amide bonds. The molecule has 0 spiro atoms. The van der Waals surface area contributed by atoms with Crippen LogP contribution in [0.2, 0.25) is 0 Å². The van der Waals surface area contributed by atoms with Crippen LogP contribution in [0.5, 0.6) is 0 Å². The van der Waals surface area contributed by atoms with E-state index >= 15 is 0 Å². The van der Waals surface area contributed by atoms with Crippen molar-refractivity contribution in [3.63, 3.8) is 0 Å². The fourth-order valence-corrected chi connectivity index (χ4v) is 5.89. The van der Waals surface area contributed by atoms with Crippen molar-refractivity contribution >= 4 is 28.6 Å². The largest absolute Gasteiger partial charge is 0.480 e. The zero-order valence-electron chi connectivity index (χ0n) is 13.6. The Morgan fingerprint density at radius 1 is 1.29 bits per heavy atom. The third-order valence-corrected chi connectivity index (χ3v) is 7.22. The first-order chi connectivity index (χ1) is 11.7. The highest BCUT2D eigenvalue weighted by molar-refractivity contribution is 7.11. The van der Waals surface area contributed by atoms with E-state index in [1.807, 2.05) is 28.2 Å². The SMILES string of the molecule is O=C(O)C(c1ccsc1)N1CCC(c2nc3c(s2)CCCC3)CC1. The van der Waals surface area contributed by atoms with Crippen molar-refractivity contribution in [1.29, 1.82) is 0 Å². The molecule has 4 rings (SSSR count). The molecule has 4 nitrogen and oxygen atoms in total. The van der Waals surface area contributed by atoms with Gasteiger partial charge in [0.25, 0.3) is 0 Å². The molecule has 3 heterocycles. The fourth-order valence-electron chi connectivity index (χ4n) is 3.89. The molecule has 0 saturated carbocycles. The number of aliphatic carboxylic acids is 1. The van der Waals surface area contributed by atoms with Gasteiger partial charge in [0.15, 0.2) is 0 Å². The number of piperidine rings is 1. The molecule has 1 N–H and O–H groups in total. The number of likely N-dealkylation sites (tertiary alicyclic amines) is 1. The summed E-state index contributed by atoms with van der Waals surface area (Å²) in [6.07, 6.45) is 6.94. The molecule has 128 valence electrons. The molecule has 1 aliphatic heterocycles. The van der Waals surface area contributed by atoms with Crippen LogP contribution in [-0.4, -0.2) is 34.0 Å². The van der Waals surface area contributed by atoms with Gasteiger partial charge in [-0.25, -0.2) is 4.98 Å². The standard InChI is InChI=1S/C18H22N2O2S2/c21-18(22)16(13-7-10-23-11-13)20-8-5-12(6-9-20)17-19-14-3-1-2-4-15(14)24-17/h7,10-12,16H,1-6,8-9H2,(H,21,22). The summed E-state index contributed by atoms with van der Waals surface area (Å²) in [6.45, 7) is 1.67. The third kappa shape index (κ3) is 3.15. The summed E-state index contributed by atoms with van der Waals surface area (Å²) in [5.74, 6) is -0.231. The molecule has 6 heteroatoms. The number of thiazole rings is 1. The molecular formula is C18H22N2O2S2. The van der Waals surface area contributed by atoms with Crippen molar-refractivity contribution in [3.05, 3.63) is 38.0 Å². The number of nitrogens with zero attached hydrogens (tertiary/aromatic N) is 2. The van der Waals surface area contributed by atoms with Crippen molar-refractivity contribution < 1.29 is 9.90 Å². The van der Waals surface area contributed by atoms with Gasteiger partial charge in [-0.05, 0) is 74.0 Å². The molecule has 1 aliphatic carbocycles. The number of rotatable bonds is 4. The van der Waals surface area contributed by atoms with E-state index in [0.29, 0.717) is 5.92 Å². The summed E-state index contributed by atoms with van der Waals surface area (Å²) in [4.78, 5) is 20.3. The Morgan fingerprint density at radius 3 is 2.75 bits per heavy atom. The maximum Gasteiger partial charge on any atom is 0.325 e. The summed E-state index contributed by atoms with van der Waals surface area (Å²) >= 11 is 3.47. The minimum atomic E-state index is -0.739. The van der Waals surface area contributed by atoms with E-state index in [2.05, 4.69) is 4.90 Å². The summed E-state index contributed by atoms with van der Waals surface area (Å²) in [5, 5.41) is 14.9. The van der Waals surface area contributed by atoms with E-state index in [9.17, 15) is 9.90 Å². The molecule has 2 aliphatic rings. The molecule has 24 heavy (non-hydrogen) atoms. The second-order valence-corrected chi connectivity index (χ2v) is 8.63. The van der Waals surface area contributed by atoms with Crippen LogP contribution in [0.15, 0.2) is 16.8 Å². The predicted molar refractivity (Wildman–Crippen MR) is 97.0 cm³/mol. The number of carbonyl (C=O) groups is 1. The topological polar surface area (TPSA) is 53.4 Å². The van der Waals surface area contributed by atoms with Crippen molar-refractivity contribution in [1.82, 2.24) is 9.88 Å². The van der Waals surface area contributed by atoms with Crippen molar-refractivity contribution in [2.45, 2.75) is 50.5 Å². The van der Waals surface area contributed by atoms with Crippen LogP contribution in [0.3, 0.4) is 0 Å². The minimum absolute atomic E-state index is 0.498. The lowest BCUT2D eigenvalue weighted by Crippen LogP contribution is -2.39. The molecule has 0 radical (unpaired) electrons.